The third kappa shape index (κ3) is 13.6. The van der Waals surface area contributed by atoms with Crippen molar-refractivity contribution < 1.29 is 38.3 Å². The van der Waals surface area contributed by atoms with E-state index < -0.39 is 71.8 Å². The van der Waals surface area contributed by atoms with E-state index in [0.29, 0.717) is 19.3 Å². The van der Waals surface area contributed by atoms with Gasteiger partial charge in [0, 0.05) is 27.1 Å². The molecule has 0 aliphatic carbocycles. The van der Waals surface area contributed by atoms with Crippen LogP contribution in [0.2, 0.25) is 0 Å². The monoisotopic (exact) mass is 696 g/mol. The Balaban J connectivity index is 5.96. The van der Waals surface area contributed by atoms with Crippen molar-refractivity contribution in [1.82, 2.24) is 30.7 Å². The molecule has 0 unspecified atom stereocenters. The van der Waals surface area contributed by atoms with Gasteiger partial charge < -0.3 is 35.4 Å². The number of carbonyl (C=O) groups excluding carboxylic acids is 7. The quantitative estimate of drug-likeness (QED) is 0.172. The Hall–Kier alpha value is -3.71. The summed E-state index contributed by atoms with van der Waals surface area (Å²) >= 11 is 0. The van der Waals surface area contributed by atoms with Gasteiger partial charge in [0.15, 0.2) is 0 Å². The molecule has 6 amide bonds. The second kappa shape index (κ2) is 20.7. The van der Waals surface area contributed by atoms with Crippen LogP contribution in [0.3, 0.4) is 0 Å². The zero-order chi connectivity index (χ0) is 38.5. The second-order valence-corrected chi connectivity index (χ2v) is 14.3. The van der Waals surface area contributed by atoms with Gasteiger partial charge in [-0.3, -0.25) is 28.8 Å². The molecule has 0 aromatic rings. The Morgan fingerprint density at radius 1 is 0.592 bits per heavy atom. The third-order valence-corrected chi connectivity index (χ3v) is 8.94. The topological polar surface area (TPSA) is 175 Å². The van der Waals surface area contributed by atoms with E-state index in [1.54, 1.807) is 34.6 Å². The van der Waals surface area contributed by atoms with Crippen molar-refractivity contribution in [2.24, 2.45) is 23.7 Å². The molecular weight excluding hydrogens is 632 g/mol. The standard InChI is InChI=1S/C35H64N6O8/c1-16-22(8)28(38-29(42)23(9)36-30(43)24(10)39(12)32(45)21(6)7)34(47)40(13)25(11)33(46)41(14)27(18-20(4)5)31(44)37-26(17-19(2)3)35(48)49-15/h19-28H,16-18H2,1-15H3,(H,36,43)(H,37,44)(H,38,42)/t22-,23+,24+,25-,26-,27-,28+/m0/s1. The maximum Gasteiger partial charge on any atom is 0.328 e. The molecule has 0 rings (SSSR count). The normalized spacial score (nSPS) is 15.6. The van der Waals surface area contributed by atoms with Gasteiger partial charge in [0.25, 0.3) is 0 Å². The first-order valence-corrected chi connectivity index (χ1v) is 17.3. The Morgan fingerprint density at radius 3 is 1.55 bits per heavy atom. The predicted octanol–water partition coefficient (Wildman–Crippen LogP) is 1.95. The van der Waals surface area contributed by atoms with Crippen LogP contribution < -0.4 is 16.0 Å². The van der Waals surface area contributed by atoms with Crippen molar-refractivity contribution >= 4 is 41.4 Å². The van der Waals surface area contributed by atoms with Crippen molar-refractivity contribution in [2.45, 2.75) is 132 Å². The van der Waals surface area contributed by atoms with Gasteiger partial charge >= 0.3 is 5.97 Å². The largest absolute Gasteiger partial charge is 0.467 e. The molecule has 0 radical (unpaired) electrons. The summed E-state index contributed by atoms with van der Waals surface area (Å²) in [6.45, 7) is 19.4. The molecule has 14 nitrogen and oxygen atoms in total. The van der Waals surface area contributed by atoms with Crippen molar-refractivity contribution in [3.8, 4) is 0 Å². The van der Waals surface area contributed by atoms with Gasteiger partial charge in [-0.25, -0.2) is 4.79 Å². The number of nitrogens with zero attached hydrogens (tertiary/aromatic N) is 3. The Labute approximate surface area is 293 Å². The number of esters is 1. The summed E-state index contributed by atoms with van der Waals surface area (Å²) in [4.78, 5) is 95.8. The first-order chi connectivity index (χ1) is 22.5. The predicted molar refractivity (Wildman–Crippen MR) is 188 cm³/mol. The number of likely N-dealkylation sites (N-methyl/N-ethyl adjacent to an activating group) is 3. The molecule has 7 atom stereocenters. The molecule has 0 aliphatic rings. The van der Waals surface area contributed by atoms with Crippen LogP contribution in [0.15, 0.2) is 0 Å². The van der Waals surface area contributed by atoms with Crippen LogP contribution in [-0.4, -0.2) is 121 Å². The van der Waals surface area contributed by atoms with Gasteiger partial charge in [-0.2, -0.15) is 0 Å². The van der Waals surface area contributed by atoms with Crippen LogP contribution in [0.1, 0.15) is 95.4 Å². The average Bonchev–Trinajstić information content (AvgIpc) is 3.04. The summed E-state index contributed by atoms with van der Waals surface area (Å²) < 4.78 is 4.88. The molecule has 3 N–H and O–H groups in total. The number of carbonyl (C=O) groups is 7. The van der Waals surface area contributed by atoms with Crippen LogP contribution in [-0.2, 0) is 38.3 Å². The van der Waals surface area contributed by atoms with Crippen LogP contribution in [0.5, 0.6) is 0 Å². The van der Waals surface area contributed by atoms with Gasteiger partial charge in [0.05, 0.1) is 7.11 Å². The molecule has 0 saturated heterocycles. The highest BCUT2D eigenvalue weighted by molar-refractivity contribution is 5.96. The number of methoxy groups -OCH3 is 1. The maximum absolute atomic E-state index is 13.8. The van der Waals surface area contributed by atoms with Crippen LogP contribution >= 0.6 is 0 Å². The van der Waals surface area contributed by atoms with Crippen molar-refractivity contribution in [1.29, 1.82) is 0 Å². The zero-order valence-corrected chi connectivity index (χ0v) is 32.5. The lowest BCUT2D eigenvalue weighted by molar-refractivity contribution is -0.150. The highest BCUT2D eigenvalue weighted by Gasteiger charge is 2.38. The summed E-state index contributed by atoms with van der Waals surface area (Å²) in [6.07, 6.45) is 1.20. The summed E-state index contributed by atoms with van der Waals surface area (Å²) in [5.41, 5.74) is 0. The Bertz CT molecular complexity index is 1160. The summed E-state index contributed by atoms with van der Waals surface area (Å²) in [5.74, 6) is -3.95. The highest BCUT2D eigenvalue weighted by atomic mass is 16.5. The smallest absolute Gasteiger partial charge is 0.328 e. The lowest BCUT2D eigenvalue weighted by atomic mass is 9.96. The number of hydrogen-bond donors (Lipinski definition) is 3. The number of hydrogen-bond acceptors (Lipinski definition) is 8. The fourth-order valence-corrected chi connectivity index (χ4v) is 5.14. The van der Waals surface area contributed by atoms with Gasteiger partial charge in [0.1, 0.15) is 36.3 Å². The Morgan fingerprint density at radius 2 is 1.10 bits per heavy atom. The minimum Gasteiger partial charge on any atom is -0.467 e. The highest BCUT2D eigenvalue weighted by Crippen LogP contribution is 2.17. The molecule has 0 aromatic carbocycles. The lowest BCUT2D eigenvalue weighted by Gasteiger charge is -2.36. The molecule has 0 saturated carbocycles. The summed E-state index contributed by atoms with van der Waals surface area (Å²) in [7, 11) is 5.72. The number of ether oxygens (including phenoxy) is 1. The maximum atomic E-state index is 13.8. The van der Waals surface area contributed by atoms with E-state index >= 15 is 0 Å². The summed E-state index contributed by atoms with van der Waals surface area (Å²) in [5, 5.41) is 8.12. The van der Waals surface area contributed by atoms with E-state index in [9.17, 15) is 33.6 Å². The molecule has 0 heterocycles. The molecule has 0 aromatic heterocycles. The lowest BCUT2D eigenvalue weighted by Crippen LogP contribution is -2.60. The van der Waals surface area contributed by atoms with Crippen molar-refractivity contribution in [2.75, 3.05) is 28.3 Å². The first-order valence-electron chi connectivity index (χ1n) is 17.3. The van der Waals surface area contributed by atoms with Crippen LogP contribution in [0, 0.1) is 23.7 Å². The molecule has 282 valence electrons. The van der Waals surface area contributed by atoms with E-state index in [2.05, 4.69) is 16.0 Å². The van der Waals surface area contributed by atoms with Crippen molar-refractivity contribution in [3.63, 3.8) is 0 Å². The number of nitrogens with one attached hydrogen (secondary N) is 3. The molecule has 0 bridgehead atoms. The third-order valence-electron chi connectivity index (χ3n) is 8.94. The molecule has 14 heteroatoms. The molecule has 49 heavy (non-hydrogen) atoms. The van der Waals surface area contributed by atoms with E-state index in [-0.39, 0.29) is 29.6 Å². The Kier molecular flexibility index (Phi) is 19.2. The number of rotatable bonds is 19. The minimum absolute atomic E-state index is 0.0221. The van der Waals surface area contributed by atoms with Crippen molar-refractivity contribution in [3.05, 3.63) is 0 Å². The fraction of sp³-hybridized carbons (Fsp3) is 0.800. The van der Waals surface area contributed by atoms with Gasteiger partial charge in [-0.15, -0.1) is 0 Å². The molecule has 0 aliphatic heterocycles. The van der Waals surface area contributed by atoms with E-state index in [4.69, 9.17) is 4.74 Å². The fourth-order valence-electron chi connectivity index (χ4n) is 5.14. The molecule has 0 fully saturated rings. The number of amides is 6. The van der Waals surface area contributed by atoms with Crippen LogP contribution in [0.25, 0.3) is 0 Å². The van der Waals surface area contributed by atoms with Gasteiger partial charge in [-0.05, 0) is 51.4 Å². The minimum atomic E-state index is -1.02. The van der Waals surface area contributed by atoms with E-state index in [1.807, 2.05) is 34.6 Å². The summed E-state index contributed by atoms with van der Waals surface area (Å²) in [6, 6.07) is -5.68. The average molecular weight is 697 g/mol. The van der Waals surface area contributed by atoms with Gasteiger partial charge in [-0.1, -0.05) is 61.8 Å². The molecule has 0 spiro atoms. The van der Waals surface area contributed by atoms with Crippen LogP contribution in [0.4, 0.5) is 0 Å². The van der Waals surface area contributed by atoms with Gasteiger partial charge in [0.2, 0.25) is 35.4 Å². The molecular formula is C35H64N6O8. The van der Waals surface area contributed by atoms with E-state index in [0.717, 1.165) is 0 Å². The zero-order valence-electron chi connectivity index (χ0n) is 32.5. The SMILES string of the molecule is CC[C@H](C)[C@@H](NC(=O)[C@@H](C)NC(=O)[C@@H](C)N(C)C(=O)C(C)C)C(=O)N(C)[C@@H](C)C(=O)N(C)[C@@H](CC(C)C)C(=O)N[C@@H](CC(C)C)C(=O)OC. The first kappa shape index (κ1) is 45.3. The second-order valence-electron chi connectivity index (χ2n) is 14.3. The van der Waals surface area contributed by atoms with E-state index in [1.165, 1.54) is 49.9 Å².